The highest BCUT2D eigenvalue weighted by molar-refractivity contribution is 5.96. The highest BCUT2D eigenvalue weighted by Crippen LogP contribution is 2.33. The van der Waals surface area contributed by atoms with E-state index in [1.165, 1.54) is 0 Å². The molecule has 8 heteroatoms. The lowest BCUT2D eigenvalue weighted by Gasteiger charge is -2.25. The fraction of sp³-hybridized carbons (Fsp3) is 0.462. The molecular weight excluding hydrogens is 295 g/mol. The fourth-order valence-electron chi connectivity index (χ4n) is 2.36. The maximum absolute atomic E-state index is 13.5. The van der Waals surface area contributed by atoms with E-state index in [4.69, 9.17) is 0 Å². The fourth-order valence-corrected chi connectivity index (χ4v) is 2.36. The molecule has 1 atom stereocenters. The van der Waals surface area contributed by atoms with E-state index in [9.17, 15) is 26.7 Å². The van der Waals surface area contributed by atoms with Gasteiger partial charge in [-0.2, -0.15) is 0 Å². The van der Waals surface area contributed by atoms with Gasteiger partial charge >= 0.3 is 0 Å². The van der Waals surface area contributed by atoms with Crippen LogP contribution in [0, 0.1) is 34.5 Å². The first-order valence-corrected chi connectivity index (χ1v) is 6.37. The van der Waals surface area contributed by atoms with Crippen LogP contribution in [0.4, 0.5) is 27.6 Å². The van der Waals surface area contributed by atoms with Crippen molar-refractivity contribution in [1.82, 2.24) is 5.32 Å². The molecule has 1 aromatic carbocycles. The molecule has 1 heterocycles. The third kappa shape index (κ3) is 2.48. The van der Waals surface area contributed by atoms with E-state index >= 15 is 0 Å². The Morgan fingerprint density at radius 1 is 1.10 bits per heavy atom. The molecule has 1 saturated heterocycles. The standard InChI is InChI=1S/C13H13F5N2O/c1-2-13(3-4-19-5-13)12(21)20-11-9(17)7(15)6(14)8(16)10(11)18/h19H,2-5H2,1H3,(H,20,21). The number of hydrogen-bond donors (Lipinski definition) is 2. The van der Waals surface area contributed by atoms with Crippen LogP contribution in [-0.4, -0.2) is 19.0 Å². The van der Waals surface area contributed by atoms with E-state index in [1.54, 1.807) is 6.92 Å². The molecule has 1 aliphatic rings. The number of carbonyl (C=O) groups excluding carboxylic acids is 1. The van der Waals surface area contributed by atoms with E-state index in [2.05, 4.69) is 5.32 Å². The molecule has 0 saturated carbocycles. The Morgan fingerprint density at radius 3 is 2.05 bits per heavy atom. The van der Waals surface area contributed by atoms with Crippen molar-refractivity contribution in [3.63, 3.8) is 0 Å². The number of halogens is 5. The first kappa shape index (κ1) is 15.7. The van der Waals surface area contributed by atoms with Crippen LogP contribution in [0.25, 0.3) is 0 Å². The zero-order chi connectivity index (χ0) is 15.8. The highest BCUT2D eigenvalue weighted by Gasteiger charge is 2.40. The molecule has 0 aromatic heterocycles. The van der Waals surface area contributed by atoms with Gasteiger partial charge in [-0.25, -0.2) is 22.0 Å². The van der Waals surface area contributed by atoms with Gasteiger partial charge in [-0.3, -0.25) is 4.79 Å². The number of nitrogens with one attached hydrogen (secondary N) is 2. The number of amides is 1. The van der Waals surface area contributed by atoms with E-state index < -0.39 is 46.1 Å². The number of benzene rings is 1. The van der Waals surface area contributed by atoms with E-state index in [1.807, 2.05) is 5.32 Å². The van der Waals surface area contributed by atoms with E-state index in [0.717, 1.165) is 0 Å². The van der Waals surface area contributed by atoms with Crippen LogP contribution in [0.1, 0.15) is 19.8 Å². The van der Waals surface area contributed by atoms with Crippen LogP contribution in [0.3, 0.4) is 0 Å². The number of rotatable bonds is 3. The predicted octanol–water partition coefficient (Wildman–Crippen LogP) is 2.71. The van der Waals surface area contributed by atoms with Crippen LogP contribution >= 0.6 is 0 Å². The first-order chi connectivity index (χ1) is 9.84. The summed E-state index contributed by atoms with van der Waals surface area (Å²) in [6.07, 6.45) is 0.798. The van der Waals surface area contributed by atoms with Crippen LogP contribution < -0.4 is 10.6 Å². The summed E-state index contributed by atoms with van der Waals surface area (Å²) >= 11 is 0. The summed E-state index contributed by atoms with van der Waals surface area (Å²) in [6.45, 7) is 2.54. The minimum absolute atomic E-state index is 0.282. The Kier molecular flexibility index (Phi) is 4.18. The molecule has 2 N–H and O–H groups in total. The Hall–Kier alpha value is -1.70. The van der Waals surface area contributed by atoms with Crippen molar-refractivity contribution in [2.45, 2.75) is 19.8 Å². The molecule has 1 unspecified atom stereocenters. The predicted molar refractivity (Wildman–Crippen MR) is 65.1 cm³/mol. The van der Waals surface area contributed by atoms with E-state index in [-0.39, 0.29) is 6.54 Å². The van der Waals surface area contributed by atoms with Crippen molar-refractivity contribution in [3.8, 4) is 0 Å². The van der Waals surface area contributed by atoms with Crippen molar-refractivity contribution in [2.24, 2.45) is 5.41 Å². The second kappa shape index (κ2) is 5.59. The van der Waals surface area contributed by atoms with Crippen LogP contribution in [0.2, 0.25) is 0 Å². The van der Waals surface area contributed by atoms with Gasteiger partial charge in [-0.1, -0.05) is 6.92 Å². The molecule has 0 aliphatic carbocycles. The van der Waals surface area contributed by atoms with E-state index in [0.29, 0.717) is 19.4 Å². The third-order valence-corrected chi connectivity index (χ3v) is 3.85. The largest absolute Gasteiger partial charge is 0.320 e. The second-order valence-electron chi connectivity index (χ2n) is 4.96. The zero-order valence-electron chi connectivity index (χ0n) is 11.1. The smallest absolute Gasteiger partial charge is 0.232 e. The van der Waals surface area contributed by atoms with Gasteiger partial charge in [0.2, 0.25) is 11.7 Å². The molecule has 21 heavy (non-hydrogen) atoms. The molecular formula is C13H13F5N2O. The average Bonchev–Trinajstić information content (AvgIpc) is 2.97. The number of carbonyl (C=O) groups is 1. The molecule has 1 fully saturated rings. The topological polar surface area (TPSA) is 41.1 Å². The Bertz CT molecular complexity index is 555. The maximum atomic E-state index is 13.5. The first-order valence-electron chi connectivity index (χ1n) is 6.37. The molecule has 0 bridgehead atoms. The molecule has 1 aromatic rings. The molecule has 0 spiro atoms. The normalized spacial score (nSPS) is 21.6. The summed E-state index contributed by atoms with van der Waals surface area (Å²) in [7, 11) is 0. The van der Waals surface area contributed by atoms with Gasteiger partial charge in [-0.05, 0) is 19.4 Å². The van der Waals surface area contributed by atoms with Crippen LogP contribution in [0.15, 0.2) is 0 Å². The number of hydrogen-bond acceptors (Lipinski definition) is 2. The Morgan fingerprint density at radius 2 is 1.62 bits per heavy atom. The highest BCUT2D eigenvalue weighted by atomic mass is 19.2. The van der Waals surface area contributed by atoms with Gasteiger partial charge in [0.05, 0.1) is 5.41 Å². The molecule has 0 radical (unpaired) electrons. The van der Waals surface area contributed by atoms with Crippen LogP contribution in [-0.2, 0) is 4.79 Å². The van der Waals surface area contributed by atoms with Gasteiger partial charge < -0.3 is 10.6 Å². The zero-order valence-corrected chi connectivity index (χ0v) is 11.1. The van der Waals surface area contributed by atoms with Gasteiger partial charge in [0.25, 0.3) is 0 Å². The monoisotopic (exact) mass is 308 g/mol. The lowest BCUT2D eigenvalue weighted by molar-refractivity contribution is -0.124. The molecule has 3 nitrogen and oxygen atoms in total. The van der Waals surface area contributed by atoms with Crippen molar-refractivity contribution in [2.75, 3.05) is 18.4 Å². The van der Waals surface area contributed by atoms with Crippen LogP contribution in [0.5, 0.6) is 0 Å². The summed E-state index contributed by atoms with van der Waals surface area (Å²) in [4.78, 5) is 12.2. The molecule has 2 rings (SSSR count). The SMILES string of the molecule is CCC1(C(=O)Nc2c(F)c(F)c(F)c(F)c2F)CCNC1. The maximum Gasteiger partial charge on any atom is 0.232 e. The summed E-state index contributed by atoms with van der Waals surface area (Å²) < 4.78 is 66.1. The summed E-state index contributed by atoms with van der Waals surface area (Å²) in [5.74, 6) is -11.3. The molecule has 1 aliphatic heterocycles. The molecule has 116 valence electrons. The lowest BCUT2D eigenvalue weighted by Crippen LogP contribution is -2.38. The minimum Gasteiger partial charge on any atom is -0.320 e. The Balaban J connectivity index is 2.38. The lowest BCUT2D eigenvalue weighted by atomic mass is 9.83. The Labute approximate surface area is 117 Å². The van der Waals surface area contributed by atoms with Crippen molar-refractivity contribution in [3.05, 3.63) is 29.1 Å². The summed E-state index contributed by atoms with van der Waals surface area (Å²) in [5, 5.41) is 4.78. The van der Waals surface area contributed by atoms with Crippen molar-refractivity contribution < 1.29 is 26.7 Å². The number of anilines is 1. The van der Waals surface area contributed by atoms with Gasteiger partial charge in [0, 0.05) is 6.54 Å². The summed E-state index contributed by atoms with van der Waals surface area (Å²) in [5.41, 5.74) is -2.23. The third-order valence-electron chi connectivity index (χ3n) is 3.85. The summed E-state index contributed by atoms with van der Waals surface area (Å²) in [6, 6.07) is 0. The minimum atomic E-state index is -2.25. The molecule has 1 amide bonds. The van der Waals surface area contributed by atoms with Crippen molar-refractivity contribution in [1.29, 1.82) is 0 Å². The average molecular weight is 308 g/mol. The van der Waals surface area contributed by atoms with Gasteiger partial charge in [0.15, 0.2) is 23.3 Å². The quantitative estimate of drug-likeness (QED) is 0.512. The van der Waals surface area contributed by atoms with Crippen molar-refractivity contribution >= 4 is 11.6 Å². The van der Waals surface area contributed by atoms with Gasteiger partial charge in [0.1, 0.15) is 5.69 Å². The second-order valence-corrected chi connectivity index (χ2v) is 4.96. The van der Waals surface area contributed by atoms with Gasteiger partial charge in [-0.15, -0.1) is 0 Å².